The second-order valence-electron chi connectivity index (χ2n) is 4.56. The standard InChI is InChI=1S/C13H16N2O4S/c16-15(17)12-8-4-5-9-13(12)20(18,19)14-10-6-2-1-3-7-11-14/h2,4-6,8-9H,1,3,7,10-11H2/b6-2-. The van der Waals surface area contributed by atoms with Gasteiger partial charge in [0.2, 0.25) is 10.0 Å². The lowest BCUT2D eigenvalue weighted by atomic mass is 10.2. The molecule has 0 spiro atoms. The Balaban J connectivity index is 2.41. The molecule has 6 nitrogen and oxygen atoms in total. The van der Waals surface area contributed by atoms with E-state index in [1.807, 2.05) is 6.08 Å². The number of hydrogen-bond donors (Lipinski definition) is 0. The molecule has 0 aromatic heterocycles. The van der Waals surface area contributed by atoms with E-state index in [0.717, 1.165) is 19.3 Å². The van der Waals surface area contributed by atoms with Crippen LogP contribution in [-0.2, 0) is 10.0 Å². The van der Waals surface area contributed by atoms with Gasteiger partial charge >= 0.3 is 0 Å². The average Bonchev–Trinajstić information content (AvgIpc) is 2.37. The van der Waals surface area contributed by atoms with Crippen molar-refractivity contribution in [2.24, 2.45) is 0 Å². The number of allylic oxidation sites excluding steroid dienone is 1. The third-order valence-corrected chi connectivity index (χ3v) is 5.10. The van der Waals surface area contributed by atoms with E-state index < -0.39 is 14.9 Å². The maximum atomic E-state index is 12.6. The first-order valence-corrected chi connectivity index (χ1v) is 7.86. The van der Waals surface area contributed by atoms with E-state index >= 15 is 0 Å². The van der Waals surface area contributed by atoms with Crippen molar-refractivity contribution in [1.82, 2.24) is 4.31 Å². The summed E-state index contributed by atoms with van der Waals surface area (Å²) in [6, 6.07) is 5.47. The number of rotatable bonds is 3. The summed E-state index contributed by atoms with van der Waals surface area (Å²) in [7, 11) is -3.84. The molecular formula is C13H16N2O4S. The fourth-order valence-corrected chi connectivity index (χ4v) is 3.72. The van der Waals surface area contributed by atoms with Crippen LogP contribution in [0.5, 0.6) is 0 Å². The van der Waals surface area contributed by atoms with Crippen molar-refractivity contribution in [2.75, 3.05) is 13.1 Å². The number of para-hydroxylation sites is 1. The normalized spacial score (nSPS) is 19.0. The Morgan fingerprint density at radius 2 is 1.90 bits per heavy atom. The highest BCUT2D eigenvalue weighted by atomic mass is 32.2. The zero-order valence-electron chi connectivity index (χ0n) is 10.9. The van der Waals surface area contributed by atoms with Crippen molar-refractivity contribution >= 4 is 15.7 Å². The Morgan fingerprint density at radius 3 is 2.65 bits per heavy atom. The van der Waals surface area contributed by atoms with E-state index in [2.05, 4.69) is 0 Å². The minimum absolute atomic E-state index is 0.237. The van der Waals surface area contributed by atoms with Crippen LogP contribution in [0, 0.1) is 10.1 Å². The quantitative estimate of drug-likeness (QED) is 0.487. The van der Waals surface area contributed by atoms with Gasteiger partial charge in [-0.1, -0.05) is 24.3 Å². The molecule has 20 heavy (non-hydrogen) atoms. The summed E-state index contributed by atoms with van der Waals surface area (Å²) in [4.78, 5) is 10.1. The number of nitro benzene ring substituents is 1. The Kier molecular flexibility index (Phi) is 4.51. The van der Waals surface area contributed by atoms with Gasteiger partial charge in [-0.15, -0.1) is 0 Å². The minimum Gasteiger partial charge on any atom is -0.258 e. The van der Waals surface area contributed by atoms with Crippen LogP contribution < -0.4 is 0 Å². The molecule has 0 radical (unpaired) electrons. The Bertz CT molecular complexity index is 625. The van der Waals surface area contributed by atoms with Gasteiger partial charge in [0.1, 0.15) is 0 Å². The molecule has 0 N–H and O–H groups in total. The van der Waals surface area contributed by atoms with Crippen molar-refractivity contribution in [3.05, 3.63) is 46.5 Å². The Morgan fingerprint density at radius 1 is 1.15 bits per heavy atom. The third kappa shape index (κ3) is 3.05. The summed E-state index contributed by atoms with van der Waals surface area (Å²) in [5, 5.41) is 11.0. The molecule has 108 valence electrons. The van der Waals surface area contributed by atoms with Gasteiger partial charge in [0.05, 0.1) is 4.92 Å². The summed E-state index contributed by atoms with van der Waals surface area (Å²) >= 11 is 0. The molecule has 0 saturated heterocycles. The predicted octanol–water partition coefficient (Wildman–Crippen LogP) is 2.33. The lowest BCUT2D eigenvalue weighted by Gasteiger charge is -2.21. The van der Waals surface area contributed by atoms with E-state index in [1.54, 1.807) is 6.08 Å². The second-order valence-corrected chi connectivity index (χ2v) is 6.46. The van der Waals surface area contributed by atoms with E-state index in [0.29, 0.717) is 6.54 Å². The van der Waals surface area contributed by atoms with Crippen molar-refractivity contribution < 1.29 is 13.3 Å². The number of sulfonamides is 1. The van der Waals surface area contributed by atoms with Crippen LogP contribution in [0.4, 0.5) is 5.69 Å². The van der Waals surface area contributed by atoms with Gasteiger partial charge in [-0.05, 0) is 25.3 Å². The van der Waals surface area contributed by atoms with Gasteiger partial charge < -0.3 is 0 Å². The van der Waals surface area contributed by atoms with Crippen molar-refractivity contribution in [3.63, 3.8) is 0 Å². The monoisotopic (exact) mass is 296 g/mol. The number of nitro groups is 1. The highest BCUT2D eigenvalue weighted by Crippen LogP contribution is 2.26. The van der Waals surface area contributed by atoms with E-state index in [1.165, 1.54) is 28.6 Å². The maximum absolute atomic E-state index is 12.6. The molecule has 1 heterocycles. The molecule has 1 aromatic rings. The molecule has 1 aliphatic rings. The molecule has 1 aromatic carbocycles. The zero-order chi connectivity index (χ0) is 14.6. The van der Waals surface area contributed by atoms with Gasteiger partial charge in [-0.2, -0.15) is 4.31 Å². The summed E-state index contributed by atoms with van der Waals surface area (Å²) in [6.45, 7) is 0.646. The van der Waals surface area contributed by atoms with Gasteiger partial charge in [-0.25, -0.2) is 8.42 Å². The van der Waals surface area contributed by atoms with E-state index in [4.69, 9.17) is 0 Å². The van der Waals surface area contributed by atoms with Gasteiger partial charge in [0.15, 0.2) is 4.90 Å². The summed E-state index contributed by atoms with van der Waals surface area (Å²) in [5.74, 6) is 0. The lowest BCUT2D eigenvalue weighted by molar-refractivity contribution is -0.387. The van der Waals surface area contributed by atoms with Crippen LogP contribution in [-0.4, -0.2) is 30.7 Å². The number of nitrogens with zero attached hydrogens (tertiary/aromatic N) is 2. The maximum Gasteiger partial charge on any atom is 0.289 e. The topological polar surface area (TPSA) is 80.5 Å². The fraction of sp³-hybridized carbons (Fsp3) is 0.385. The first kappa shape index (κ1) is 14.7. The molecule has 0 fully saturated rings. The smallest absolute Gasteiger partial charge is 0.258 e. The molecule has 0 saturated carbocycles. The van der Waals surface area contributed by atoms with E-state index in [-0.39, 0.29) is 17.1 Å². The molecule has 0 aliphatic carbocycles. The molecule has 1 aliphatic heterocycles. The van der Waals surface area contributed by atoms with Crippen LogP contribution in [0.25, 0.3) is 0 Å². The predicted molar refractivity (Wildman–Crippen MR) is 74.8 cm³/mol. The summed E-state index contributed by atoms with van der Waals surface area (Å²) in [6.07, 6.45) is 6.36. The van der Waals surface area contributed by atoms with Gasteiger partial charge in [0.25, 0.3) is 5.69 Å². The molecule has 0 unspecified atom stereocenters. The first-order chi connectivity index (χ1) is 9.53. The van der Waals surface area contributed by atoms with Crippen LogP contribution in [0.15, 0.2) is 41.3 Å². The van der Waals surface area contributed by atoms with Crippen molar-refractivity contribution in [2.45, 2.75) is 24.2 Å². The Labute approximate surface area is 117 Å². The second kappa shape index (κ2) is 6.15. The number of benzene rings is 1. The van der Waals surface area contributed by atoms with E-state index in [9.17, 15) is 18.5 Å². The SMILES string of the molecule is O=[N+]([O-])c1ccccc1S(=O)(=O)N1C/C=C\CCCC1. The molecule has 0 amide bonds. The summed E-state index contributed by atoms with van der Waals surface area (Å²) in [5.41, 5.74) is -0.376. The fourth-order valence-electron chi connectivity index (χ4n) is 2.14. The van der Waals surface area contributed by atoms with Crippen molar-refractivity contribution in [1.29, 1.82) is 0 Å². The molecule has 7 heteroatoms. The van der Waals surface area contributed by atoms with Crippen LogP contribution in [0.1, 0.15) is 19.3 Å². The lowest BCUT2D eigenvalue weighted by Crippen LogP contribution is -2.33. The van der Waals surface area contributed by atoms with Crippen LogP contribution in [0.3, 0.4) is 0 Å². The zero-order valence-corrected chi connectivity index (χ0v) is 11.8. The van der Waals surface area contributed by atoms with Gasteiger partial charge in [-0.3, -0.25) is 10.1 Å². The third-order valence-electron chi connectivity index (χ3n) is 3.18. The largest absolute Gasteiger partial charge is 0.289 e. The van der Waals surface area contributed by atoms with Crippen molar-refractivity contribution in [3.8, 4) is 0 Å². The highest BCUT2D eigenvalue weighted by Gasteiger charge is 2.30. The first-order valence-electron chi connectivity index (χ1n) is 6.42. The molecule has 2 rings (SSSR count). The number of hydrogen-bond acceptors (Lipinski definition) is 4. The van der Waals surface area contributed by atoms with Gasteiger partial charge in [0, 0.05) is 19.2 Å². The molecular weight excluding hydrogens is 280 g/mol. The van der Waals surface area contributed by atoms with Crippen LogP contribution in [0.2, 0.25) is 0 Å². The minimum atomic E-state index is -3.84. The van der Waals surface area contributed by atoms with Crippen LogP contribution >= 0.6 is 0 Å². The molecule has 0 bridgehead atoms. The Hall–Kier alpha value is -1.73. The summed E-state index contributed by atoms with van der Waals surface area (Å²) < 4.78 is 26.4. The molecule has 0 atom stereocenters. The average molecular weight is 296 g/mol. The highest BCUT2D eigenvalue weighted by molar-refractivity contribution is 7.89.